The Labute approximate surface area is 116 Å². The van der Waals surface area contributed by atoms with Gasteiger partial charge in [0.15, 0.2) is 0 Å². The molecule has 1 amide bonds. The van der Waals surface area contributed by atoms with E-state index in [1.807, 2.05) is 0 Å². The summed E-state index contributed by atoms with van der Waals surface area (Å²) in [7, 11) is 0. The van der Waals surface area contributed by atoms with Gasteiger partial charge in [0.1, 0.15) is 11.7 Å². The Hall–Kier alpha value is -1.69. The van der Waals surface area contributed by atoms with Crippen LogP contribution < -0.4 is 5.32 Å². The van der Waals surface area contributed by atoms with E-state index in [-0.39, 0.29) is 5.56 Å². The molecule has 1 atom stereocenters. The van der Waals surface area contributed by atoms with Crippen molar-refractivity contribution in [3.05, 3.63) is 35.9 Å². The monoisotopic (exact) mass is 287 g/mol. The van der Waals surface area contributed by atoms with Crippen LogP contribution in [0.2, 0.25) is 0 Å². The van der Waals surface area contributed by atoms with Crippen LogP contribution in [0.15, 0.2) is 30.3 Å². The quantitative estimate of drug-likeness (QED) is 0.895. The van der Waals surface area contributed by atoms with Gasteiger partial charge in [0.2, 0.25) is 0 Å². The highest BCUT2D eigenvalue weighted by Gasteiger charge is 2.40. The molecule has 4 nitrogen and oxygen atoms in total. The number of amides is 1. The summed E-state index contributed by atoms with van der Waals surface area (Å²) < 4.78 is 32.7. The van der Waals surface area contributed by atoms with E-state index < -0.39 is 30.3 Å². The summed E-state index contributed by atoms with van der Waals surface area (Å²) >= 11 is 0. The third-order valence-electron chi connectivity index (χ3n) is 2.42. The van der Waals surface area contributed by atoms with Gasteiger partial charge in [-0.2, -0.15) is 8.78 Å². The number of alkyl carbamates (subject to hydrolysis) is 1. The van der Waals surface area contributed by atoms with Crippen molar-refractivity contribution in [2.75, 3.05) is 6.54 Å². The van der Waals surface area contributed by atoms with Crippen LogP contribution in [-0.4, -0.2) is 29.4 Å². The van der Waals surface area contributed by atoms with E-state index in [0.29, 0.717) is 0 Å². The molecule has 0 aliphatic heterocycles. The normalized spacial score (nSPS) is 13.7. The average molecular weight is 287 g/mol. The number of alkyl halides is 2. The van der Waals surface area contributed by atoms with Gasteiger partial charge in [0, 0.05) is 5.56 Å². The van der Waals surface area contributed by atoms with Crippen LogP contribution in [0.3, 0.4) is 0 Å². The number of rotatable bonds is 4. The van der Waals surface area contributed by atoms with E-state index >= 15 is 0 Å². The van der Waals surface area contributed by atoms with Crippen molar-refractivity contribution in [1.82, 2.24) is 5.32 Å². The lowest BCUT2D eigenvalue weighted by Gasteiger charge is -2.24. The number of carbonyl (C=O) groups excluding carboxylic acids is 1. The predicted molar refractivity (Wildman–Crippen MR) is 70.6 cm³/mol. The molecule has 0 heterocycles. The first-order valence-corrected chi connectivity index (χ1v) is 6.21. The second kappa shape index (κ2) is 6.17. The highest BCUT2D eigenvalue weighted by Crippen LogP contribution is 2.31. The van der Waals surface area contributed by atoms with Crippen LogP contribution in [0.25, 0.3) is 0 Å². The zero-order chi connectivity index (χ0) is 15.4. The number of halogens is 2. The summed E-state index contributed by atoms with van der Waals surface area (Å²) in [5.41, 5.74) is -1.03. The Morgan fingerprint density at radius 3 is 2.35 bits per heavy atom. The average Bonchev–Trinajstić information content (AvgIpc) is 2.35. The molecule has 1 rings (SSSR count). The van der Waals surface area contributed by atoms with Crippen LogP contribution in [0, 0.1) is 0 Å². The second-order valence-corrected chi connectivity index (χ2v) is 5.39. The Morgan fingerprint density at radius 2 is 1.85 bits per heavy atom. The number of ether oxygens (including phenoxy) is 1. The molecule has 1 aromatic rings. The molecule has 0 radical (unpaired) electrons. The summed E-state index contributed by atoms with van der Waals surface area (Å²) in [6.07, 6.45) is -2.88. The number of hydrogen-bond donors (Lipinski definition) is 2. The van der Waals surface area contributed by atoms with Crippen molar-refractivity contribution < 1.29 is 23.4 Å². The largest absolute Gasteiger partial charge is 0.444 e. The molecule has 0 aromatic heterocycles. The van der Waals surface area contributed by atoms with Gasteiger partial charge in [-0.05, 0) is 20.8 Å². The molecule has 6 heteroatoms. The number of aliphatic hydroxyl groups excluding tert-OH is 1. The molecule has 112 valence electrons. The van der Waals surface area contributed by atoms with E-state index in [0.717, 1.165) is 0 Å². The molecule has 0 saturated carbocycles. The van der Waals surface area contributed by atoms with Gasteiger partial charge in [0.25, 0.3) is 5.92 Å². The Kier molecular flexibility index (Phi) is 5.05. The van der Waals surface area contributed by atoms with Gasteiger partial charge in [-0.3, -0.25) is 0 Å². The summed E-state index contributed by atoms with van der Waals surface area (Å²) in [5, 5.41) is 11.7. The number of benzene rings is 1. The molecule has 0 bridgehead atoms. The van der Waals surface area contributed by atoms with Crippen molar-refractivity contribution in [3.63, 3.8) is 0 Å². The van der Waals surface area contributed by atoms with Gasteiger partial charge >= 0.3 is 6.09 Å². The minimum absolute atomic E-state index is 0.307. The molecule has 1 unspecified atom stereocenters. The lowest BCUT2D eigenvalue weighted by atomic mass is 10.0. The van der Waals surface area contributed by atoms with Gasteiger partial charge in [0.05, 0.1) is 6.54 Å². The highest BCUT2D eigenvalue weighted by atomic mass is 19.3. The zero-order valence-corrected chi connectivity index (χ0v) is 11.7. The molecular formula is C14H19F2NO3. The van der Waals surface area contributed by atoms with Crippen molar-refractivity contribution in [1.29, 1.82) is 0 Å². The minimum atomic E-state index is -3.45. The maximum absolute atomic E-state index is 13.9. The molecule has 20 heavy (non-hydrogen) atoms. The van der Waals surface area contributed by atoms with Gasteiger partial charge in [-0.1, -0.05) is 30.3 Å². The first kappa shape index (κ1) is 16.4. The van der Waals surface area contributed by atoms with E-state index in [1.165, 1.54) is 24.3 Å². The smallest absolute Gasteiger partial charge is 0.407 e. The number of nitrogens with one attached hydrogen (secondary N) is 1. The summed E-state index contributed by atoms with van der Waals surface area (Å²) in [5.74, 6) is -3.45. The SMILES string of the molecule is CC(C)(C)OC(=O)NCC(O)C(F)(F)c1ccccc1. The standard InChI is InChI=1S/C14H19F2NO3/c1-13(2,3)20-12(19)17-9-11(18)14(15,16)10-7-5-4-6-8-10/h4-8,11,18H,9H2,1-3H3,(H,17,19). The summed E-state index contributed by atoms with van der Waals surface area (Å²) in [6.45, 7) is 4.36. The van der Waals surface area contributed by atoms with Crippen molar-refractivity contribution in [2.24, 2.45) is 0 Å². The van der Waals surface area contributed by atoms with Crippen LogP contribution in [-0.2, 0) is 10.7 Å². The molecule has 0 aliphatic rings. The fourth-order valence-electron chi connectivity index (χ4n) is 1.48. The van der Waals surface area contributed by atoms with Crippen LogP contribution in [0.5, 0.6) is 0 Å². The lowest BCUT2D eigenvalue weighted by Crippen LogP contribution is -2.43. The van der Waals surface area contributed by atoms with E-state index in [4.69, 9.17) is 4.74 Å². The fourth-order valence-corrected chi connectivity index (χ4v) is 1.48. The number of hydrogen-bond acceptors (Lipinski definition) is 3. The summed E-state index contributed by atoms with van der Waals surface area (Å²) in [4.78, 5) is 11.3. The lowest BCUT2D eigenvalue weighted by molar-refractivity contribution is -0.112. The molecule has 0 fully saturated rings. The Balaban J connectivity index is 2.58. The Bertz CT molecular complexity index is 443. The first-order valence-electron chi connectivity index (χ1n) is 6.21. The number of aliphatic hydroxyl groups is 1. The molecule has 0 aliphatic carbocycles. The van der Waals surface area contributed by atoms with E-state index in [2.05, 4.69) is 5.32 Å². The van der Waals surface area contributed by atoms with Crippen LogP contribution in [0.1, 0.15) is 26.3 Å². The first-order chi connectivity index (χ1) is 9.13. The van der Waals surface area contributed by atoms with Crippen LogP contribution >= 0.6 is 0 Å². The molecule has 0 spiro atoms. The number of carbonyl (C=O) groups is 1. The molecule has 2 N–H and O–H groups in total. The maximum Gasteiger partial charge on any atom is 0.407 e. The zero-order valence-electron chi connectivity index (χ0n) is 11.7. The van der Waals surface area contributed by atoms with Crippen molar-refractivity contribution in [3.8, 4) is 0 Å². The van der Waals surface area contributed by atoms with Crippen LogP contribution in [0.4, 0.5) is 13.6 Å². The predicted octanol–water partition coefficient (Wildman–Crippen LogP) is 2.66. The van der Waals surface area contributed by atoms with Gasteiger partial charge < -0.3 is 15.2 Å². The molecule has 1 aromatic carbocycles. The van der Waals surface area contributed by atoms with E-state index in [1.54, 1.807) is 26.8 Å². The van der Waals surface area contributed by atoms with Gasteiger partial charge in [-0.15, -0.1) is 0 Å². The van der Waals surface area contributed by atoms with Crippen molar-refractivity contribution >= 4 is 6.09 Å². The third-order valence-corrected chi connectivity index (χ3v) is 2.42. The third kappa shape index (κ3) is 4.77. The van der Waals surface area contributed by atoms with E-state index in [9.17, 15) is 18.7 Å². The maximum atomic E-state index is 13.9. The summed E-state index contributed by atoms with van der Waals surface area (Å²) in [6, 6.07) is 6.95. The molecule has 0 saturated heterocycles. The second-order valence-electron chi connectivity index (χ2n) is 5.39. The Morgan fingerprint density at radius 1 is 1.30 bits per heavy atom. The van der Waals surface area contributed by atoms with Crippen molar-refractivity contribution in [2.45, 2.75) is 38.4 Å². The molecular weight excluding hydrogens is 268 g/mol. The highest BCUT2D eigenvalue weighted by molar-refractivity contribution is 5.67. The fraction of sp³-hybridized carbons (Fsp3) is 0.500. The van der Waals surface area contributed by atoms with Gasteiger partial charge in [-0.25, -0.2) is 4.79 Å². The minimum Gasteiger partial charge on any atom is -0.444 e. The topological polar surface area (TPSA) is 58.6 Å².